The number of carboxylic acids is 1. The normalized spacial score (nSPS) is 14.3. The average Bonchev–Trinajstić information content (AvgIpc) is 1.49. The van der Waals surface area contributed by atoms with E-state index >= 15 is 0 Å². The SMILES string of the molecule is Br.CC(=O)c1ccccn1.C[Si](C)(C)N(c1c[c-]ccc1)[Si](C)(C)C.Cc1cc(C(=O)O)n(-c2cccc(C#N)c2)n1.Nc1cccc(C(O)(CCC2CC2)c2ccccn2)c1.O=C(/C=C/C1CC1)c1ccccn1.O=C(CCC1CC1)c1ccccn1.O=CC1CC1.OC(CCC1CC1)c1ccccn1.[H-].[K+].[Mg+2].[OH-]. The summed E-state index contributed by atoms with van der Waals surface area (Å²) in [6, 6.07) is 56.7. The number of nitrogens with two attached hydrogens (primary N) is 1. The van der Waals surface area contributed by atoms with Gasteiger partial charge in [0.2, 0.25) is 5.78 Å². The van der Waals surface area contributed by atoms with Crippen molar-refractivity contribution in [1.82, 2.24) is 34.7 Å². The Labute approximate surface area is 716 Å². The maximum absolute atomic E-state index is 11.5. The van der Waals surface area contributed by atoms with Crippen LogP contribution in [-0.2, 0) is 10.4 Å². The molecule has 5 saturated carbocycles. The molecule has 0 saturated heterocycles. The minimum atomic E-state index is -1.29. The molecule has 0 radical (unpaired) electrons. The van der Waals surface area contributed by atoms with Gasteiger partial charge in [-0.2, -0.15) is 40.7 Å². The van der Waals surface area contributed by atoms with E-state index in [4.69, 9.17) is 16.1 Å². The minimum absolute atomic E-state index is 0. The number of aryl methyl sites for hydroxylation is 1. The molecule has 6 N–H and O–H groups in total. The maximum Gasteiger partial charge on any atom is 2.00 e. The number of carboxylic acid groups (broad SMARTS) is 1. The number of hydrogen-bond donors (Lipinski definition) is 4. The van der Waals surface area contributed by atoms with Gasteiger partial charge in [-0.05, 0) is 197 Å². The molecule has 19 nitrogen and oxygen atoms in total. The van der Waals surface area contributed by atoms with Gasteiger partial charge in [0.1, 0.15) is 45.4 Å². The van der Waals surface area contributed by atoms with E-state index < -0.39 is 28.0 Å². The van der Waals surface area contributed by atoms with E-state index in [0.717, 1.165) is 73.8 Å². The zero-order valence-corrected chi connectivity index (χ0v) is 72.9. The molecule has 109 heavy (non-hydrogen) atoms. The summed E-state index contributed by atoms with van der Waals surface area (Å²) in [4.78, 5) is 74.5. The molecular weight excluding hydrogens is 1500 g/mol. The third-order valence-corrected chi connectivity index (χ3v) is 24.8. The zero-order valence-electron chi connectivity index (χ0n) is 65.6. The summed E-state index contributed by atoms with van der Waals surface area (Å²) >= 11 is 0. The van der Waals surface area contributed by atoms with Crippen LogP contribution in [0.25, 0.3) is 5.69 Å². The minimum Gasteiger partial charge on any atom is -1.00 e. The van der Waals surface area contributed by atoms with E-state index in [1.165, 1.54) is 74.7 Å². The van der Waals surface area contributed by atoms with Crippen LogP contribution >= 0.6 is 17.0 Å². The summed E-state index contributed by atoms with van der Waals surface area (Å²) in [5, 5.41) is 42.9. The van der Waals surface area contributed by atoms with Crippen LogP contribution in [0.5, 0.6) is 0 Å². The molecule has 24 heteroatoms. The third-order valence-electron chi connectivity index (χ3n) is 17.5. The number of carbonyl (C=O) groups is 5. The largest absolute Gasteiger partial charge is 2.00 e. The number of allylic oxidation sites excluding steroid dienone is 2. The Hall–Kier alpha value is -7.20. The molecular formula is C85H106BrKMgN10O9Si2. The number of nitrogen functional groups attached to an aromatic ring is 1. The number of benzene rings is 3. The number of rotatable bonds is 23. The topological polar surface area (TPSA) is 311 Å². The molecule has 0 spiro atoms. The Balaban J connectivity index is 0.000000431. The van der Waals surface area contributed by atoms with Crippen LogP contribution in [0.2, 0.25) is 39.3 Å². The smallest absolute Gasteiger partial charge is 1.00 e. The molecule has 568 valence electrons. The van der Waals surface area contributed by atoms with Crippen LogP contribution in [0, 0.1) is 53.9 Å². The van der Waals surface area contributed by atoms with E-state index in [-0.39, 0.29) is 127 Å². The van der Waals surface area contributed by atoms with Gasteiger partial charge in [0, 0.05) is 55.9 Å². The summed E-state index contributed by atoms with van der Waals surface area (Å²) in [5.74, 6) is 2.74. The number of aromatic carboxylic acids is 1. The number of aldehydes is 1. The van der Waals surface area contributed by atoms with E-state index in [0.29, 0.717) is 70.1 Å². The number of ketones is 3. The Morgan fingerprint density at radius 3 is 1.68 bits per heavy atom. The van der Waals surface area contributed by atoms with E-state index in [9.17, 15) is 34.2 Å². The summed E-state index contributed by atoms with van der Waals surface area (Å²) in [7, 11) is -2.58. The van der Waals surface area contributed by atoms with Gasteiger partial charge in [-0.15, -0.1) is 17.0 Å². The van der Waals surface area contributed by atoms with Crippen molar-refractivity contribution in [2.45, 2.75) is 168 Å². The van der Waals surface area contributed by atoms with Gasteiger partial charge in [0.05, 0.1) is 40.5 Å². The van der Waals surface area contributed by atoms with Gasteiger partial charge in [-0.25, -0.2) is 9.48 Å². The monoisotopic (exact) mass is 1610 g/mol. The molecule has 5 fully saturated rings. The number of hydrogen-bond acceptors (Lipinski definition) is 17. The summed E-state index contributed by atoms with van der Waals surface area (Å²) in [6.45, 7) is 17.7. The molecule has 0 bridgehead atoms. The molecule has 2 atom stereocenters. The van der Waals surface area contributed by atoms with Crippen molar-refractivity contribution in [3.05, 3.63) is 270 Å². The second-order valence-electron chi connectivity index (χ2n) is 29.1. The predicted molar refractivity (Wildman–Crippen MR) is 439 cm³/mol. The number of nitrogens with zero attached hydrogens (tertiary/aromatic N) is 9. The fourth-order valence-corrected chi connectivity index (χ4v) is 21.2. The van der Waals surface area contributed by atoms with Crippen LogP contribution in [-0.4, -0.2) is 125 Å². The first-order valence-corrected chi connectivity index (χ1v) is 43.3. The Bertz CT molecular complexity index is 4220. The Morgan fingerprint density at radius 2 is 1.22 bits per heavy atom. The second-order valence-corrected chi connectivity index (χ2v) is 39.1. The molecule has 0 amide bonds. The fraction of sp³-hybridized carbons (Fsp3) is 0.365. The fourth-order valence-electron chi connectivity index (χ4n) is 11.3. The molecule has 14 rings (SSSR count). The number of aromatic nitrogens is 7. The number of carbonyl (C=O) groups excluding carboxylic acids is 4. The molecule has 6 aromatic heterocycles. The van der Waals surface area contributed by atoms with Gasteiger partial charge in [-0.1, -0.05) is 138 Å². The van der Waals surface area contributed by atoms with Gasteiger partial charge in [-0.3, -0.25) is 39.3 Å². The van der Waals surface area contributed by atoms with Crippen LogP contribution in [0.3, 0.4) is 0 Å². The van der Waals surface area contributed by atoms with Crippen molar-refractivity contribution >= 4 is 97.5 Å². The quantitative estimate of drug-likeness (QED) is 0.0115. The molecule has 2 unspecified atom stereocenters. The van der Waals surface area contributed by atoms with Crippen LogP contribution in [0.15, 0.2) is 213 Å². The molecule has 3 aromatic carbocycles. The van der Waals surface area contributed by atoms with Crippen LogP contribution < -0.4 is 61.3 Å². The zero-order chi connectivity index (χ0) is 75.8. The third kappa shape index (κ3) is 36.2. The first-order chi connectivity index (χ1) is 50.3. The molecule has 0 aliphatic heterocycles. The maximum atomic E-state index is 11.5. The van der Waals surface area contributed by atoms with E-state index in [2.05, 4.69) is 97.8 Å². The molecule has 9 aromatic rings. The van der Waals surface area contributed by atoms with Gasteiger partial charge < -0.3 is 37.0 Å². The van der Waals surface area contributed by atoms with Gasteiger partial charge in [0.25, 0.3) is 0 Å². The average molecular weight is 1610 g/mol. The van der Waals surface area contributed by atoms with Gasteiger partial charge >= 0.3 is 80.4 Å². The van der Waals surface area contributed by atoms with E-state index in [1.54, 1.807) is 105 Å². The second kappa shape index (κ2) is 49.2. The number of anilines is 2. The van der Waals surface area contributed by atoms with Crippen LogP contribution in [0.4, 0.5) is 11.4 Å². The first kappa shape index (κ1) is 96.0. The number of aliphatic hydroxyl groups is 2. The van der Waals surface area contributed by atoms with Crippen molar-refractivity contribution < 1.29 is 97.6 Å². The van der Waals surface area contributed by atoms with Crippen molar-refractivity contribution in [1.29, 1.82) is 5.26 Å². The van der Waals surface area contributed by atoms with Crippen molar-refractivity contribution in [2.75, 3.05) is 9.96 Å². The number of pyridine rings is 5. The summed E-state index contributed by atoms with van der Waals surface area (Å²) in [5.41, 5.74) is 12.6. The summed E-state index contributed by atoms with van der Waals surface area (Å²) in [6.07, 6.45) is 30.8. The number of aliphatic hydroxyl groups excluding tert-OH is 1. The predicted octanol–water partition coefficient (Wildman–Crippen LogP) is 14.8. The van der Waals surface area contributed by atoms with Crippen LogP contribution in [0.1, 0.15) is 187 Å². The Kier molecular flexibility index (Phi) is 43.4. The molecule has 5 aliphatic carbocycles. The Morgan fingerprint density at radius 1 is 0.679 bits per heavy atom. The summed E-state index contributed by atoms with van der Waals surface area (Å²) < 4.78 is 4.02. The standard InChI is InChI=1S/C17H20N2O.C12H9N3O2.C12H22NSi2.C11H15NO.C11H13NO.C11H11NO.C7H7NO.C4H6O.BrH.K.Mg.H2O.H/c18-15-5-3-4-14(12-15)17(20,10-9-13-7-8-13)16-6-1-2-11-19-16;1-8-5-11(12(16)17)15(14-8)10-4-2-3-9(6-10)7-13;1-14(2,3)13(15(4,5)6)12-10-8-7-9-11-12;3*13-11(7-6-9-4-5-9)10-3-1-2-8-12-10;1-6(9)7-4-2-3-5-8-7;5-3-4-1-2-4;;;;;/h1-6,11-13,20H,7-10,18H2;2-6H,1H3,(H,16,17);7-8,10-11H,1-6H3;1-3,8-9,11,13H,4-7H2;1-3,8-9H,4-7H2;1-3,6-9H,4-5H2;2-5H,1H3;3-4H,1-2H2;1H;;;1H2;/q;;-1;;;;;;;+1;+2;;-1/p-1/b;;;;;7-6+;;;;;;;. The molecule has 5 aliphatic rings. The van der Waals surface area contributed by atoms with E-state index in [1.807, 2.05) is 97.1 Å². The number of Topliss-reactive ketones (excluding diaryl/α,β-unsaturated/α-hetero) is 2. The number of halogens is 1. The number of nitriles is 1. The van der Waals surface area contributed by atoms with Gasteiger partial charge in [0.15, 0.2) is 17.3 Å². The molecule has 6 heterocycles. The van der Waals surface area contributed by atoms with Crippen molar-refractivity contribution in [3.63, 3.8) is 0 Å². The first-order valence-electron chi connectivity index (χ1n) is 36.5. The van der Waals surface area contributed by atoms with Crippen molar-refractivity contribution in [3.8, 4) is 11.8 Å². The van der Waals surface area contributed by atoms with Crippen molar-refractivity contribution in [2.24, 2.45) is 29.6 Å².